The maximum atomic E-state index is 6.43. The van der Waals surface area contributed by atoms with Gasteiger partial charge in [0.1, 0.15) is 18.8 Å². The van der Waals surface area contributed by atoms with E-state index in [-0.39, 0.29) is 0 Å². The number of hydrogen-bond donors (Lipinski definition) is 1. The summed E-state index contributed by atoms with van der Waals surface area (Å²) < 4.78 is 0.622. The van der Waals surface area contributed by atoms with Crippen LogP contribution in [-0.4, -0.2) is 11.1 Å². The molecule has 1 heterocycles. The number of rotatable bonds is 1. The molecule has 3 rings (SSSR count). The Kier molecular flexibility index (Phi) is 1.94. The zero-order valence-electron chi connectivity index (χ0n) is 8.89. The van der Waals surface area contributed by atoms with E-state index in [1.807, 2.05) is 0 Å². The normalized spacial score (nSPS) is 33.3. The van der Waals surface area contributed by atoms with Crippen LogP contribution < -0.4 is 5.84 Å². The molecular weight excluding hydrogens is 184 g/mol. The van der Waals surface area contributed by atoms with Crippen molar-refractivity contribution >= 4 is 0 Å². The fourth-order valence-electron chi connectivity index (χ4n) is 2.94. The zero-order chi connectivity index (χ0) is 10.3. The molecule has 0 amide bonds. The van der Waals surface area contributed by atoms with Gasteiger partial charge in [-0.2, -0.15) is 5.84 Å². The summed E-state index contributed by atoms with van der Waals surface area (Å²) in [6.07, 6.45) is 7.88. The van der Waals surface area contributed by atoms with Crippen molar-refractivity contribution in [3.8, 4) is 0 Å². The van der Waals surface area contributed by atoms with Crippen LogP contribution in [0.2, 0.25) is 0 Å². The zero-order valence-corrected chi connectivity index (χ0v) is 8.89. The number of nitrogens with two attached hydrogens (primary N) is 1. The number of nitrogens with zero attached hydrogens (tertiary/aromatic N) is 1. The van der Waals surface area contributed by atoms with Gasteiger partial charge in [0.2, 0.25) is 0 Å². The van der Waals surface area contributed by atoms with Crippen molar-refractivity contribution in [3.63, 3.8) is 0 Å². The first-order valence-electron chi connectivity index (χ1n) is 5.71. The Balaban J connectivity index is 2.00. The predicted octanol–water partition coefficient (Wildman–Crippen LogP) is 2.28. The molecule has 2 unspecified atom stereocenters. The molecule has 0 radical (unpaired) electrons. The molecule has 1 aliphatic heterocycles. The molecule has 0 saturated carbocycles. The molecule has 2 aliphatic rings. The van der Waals surface area contributed by atoms with Crippen molar-refractivity contribution in [2.24, 2.45) is 5.84 Å². The van der Waals surface area contributed by atoms with Crippen molar-refractivity contribution in [2.75, 3.05) is 6.54 Å². The quantitative estimate of drug-likeness (QED) is 0.547. The monoisotopic (exact) mass is 201 g/mol. The molecule has 1 aliphatic carbocycles. The van der Waals surface area contributed by atoms with Gasteiger partial charge in [-0.1, -0.05) is 24.3 Å². The molecule has 0 aromatic heterocycles. The maximum absolute atomic E-state index is 6.43. The van der Waals surface area contributed by atoms with E-state index in [1.165, 1.54) is 24.0 Å². The Morgan fingerprint density at radius 3 is 2.93 bits per heavy atom. The van der Waals surface area contributed by atoms with E-state index < -0.39 is 0 Å². The Morgan fingerprint density at radius 1 is 1.27 bits per heavy atom. The lowest BCUT2D eigenvalue weighted by atomic mass is 10.1. The number of fused-ring (bicyclic) bond motifs is 1. The highest BCUT2D eigenvalue weighted by molar-refractivity contribution is 5.33. The van der Waals surface area contributed by atoms with Gasteiger partial charge in [-0.3, -0.25) is 0 Å². The first-order chi connectivity index (χ1) is 7.30. The highest BCUT2D eigenvalue weighted by Crippen LogP contribution is 2.39. The lowest BCUT2D eigenvalue weighted by molar-refractivity contribution is -0.916. The van der Waals surface area contributed by atoms with Crippen molar-refractivity contribution in [1.82, 2.24) is 0 Å². The maximum Gasteiger partial charge on any atom is 0.137 e. The van der Waals surface area contributed by atoms with Crippen LogP contribution in [-0.2, 0) is 6.42 Å². The van der Waals surface area contributed by atoms with Crippen LogP contribution in [0, 0.1) is 0 Å². The number of hydrogen-bond acceptors (Lipinski definition) is 1. The van der Waals surface area contributed by atoms with E-state index >= 15 is 0 Å². The third-order valence-electron chi connectivity index (χ3n) is 3.75. The van der Waals surface area contributed by atoms with E-state index in [9.17, 15) is 0 Å². The minimum Gasteiger partial charge on any atom is -0.216 e. The standard InChI is InChI=1S/C13H17N2/c14-15(9-3-4-10-15)13-8-7-11-5-1-2-6-12(11)13/h1-3,5-6,9,13H,4,7-8,10,14H2/q+1. The average Bonchev–Trinajstić information content (AvgIpc) is 2.84. The second kappa shape index (κ2) is 3.19. The SMILES string of the molecule is N[N+]1(C2CCc3ccccc32)C=CCC1. The highest BCUT2D eigenvalue weighted by Gasteiger charge is 2.39. The molecular formula is C13H17N2+. The van der Waals surface area contributed by atoms with Crippen molar-refractivity contribution in [1.29, 1.82) is 0 Å². The van der Waals surface area contributed by atoms with Crippen molar-refractivity contribution in [3.05, 3.63) is 47.7 Å². The Labute approximate surface area is 90.6 Å². The Hall–Kier alpha value is -1.12. The summed E-state index contributed by atoms with van der Waals surface area (Å²) >= 11 is 0. The molecule has 0 fully saturated rings. The summed E-state index contributed by atoms with van der Waals surface area (Å²) in [6.45, 7) is 1.05. The van der Waals surface area contributed by atoms with E-state index in [4.69, 9.17) is 5.84 Å². The minimum atomic E-state index is 0.486. The first kappa shape index (κ1) is 9.13. The van der Waals surface area contributed by atoms with Crippen molar-refractivity contribution in [2.45, 2.75) is 25.3 Å². The molecule has 1 aromatic carbocycles. The molecule has 0 saturated heterocycles. The van der Waals surface area contributed by atoms with Gasteiger partial charge in [-0.25, -0.2) is 4.59 Å². The predicted molar refractivity (Wildman–Crippen MR) is 60.6 cm³/mol. The molecule has 2 heteroatoms. The number of quaternary nitrogens is 1. The summed E-state index contributed by atoms with van der Waals surface area (Å²) in [5, 5.41) is 0. The van der Waals surface area contributed by atoms with Crippen LogP contribution in [0.4, 0.5) is 0 Å². The van der Waals surface area contributed by atoms with Crippen LogP contribution in [0.5, 0.6) is 0 Å². The van der Waals surface area contributed by atoms with Gasteiger partial charge in [0.05, 0.1) is 0 Å². The largest absolute Gasteiger partial charge is 0.216 e. The second-order valence-electron chi connectivity index (χ2n) is 4.65. The van der Waals surface area contributed by atoms with Crippen LogP contribution in [0.3, 0.4) is 0 Å². The molecule has 15 heavy (non-hydrogen) atoms. The third kappa shape index (κ3) is 1.33. The van der Waals surface area contributed by atoms with E-state index in [1.54, 1.807) is 0 Å². The lowest BCUT2D eigenvalue weighted by Crippen LogP contribution is -2.50. The number of benzene rings is 1. The van der Waals surface area contributed by atoms with Crippen LogP contribution in [0.15, 0.2) is 36.5 Å². The third-order valence-corrected chi connectivity index (χ3v) is 3.75. The van der Waals surface area contributed by atoms with E-state index in [0.29, 0.717) is 10.6 Å². The van der Waals surface area contributed by atoms with Gasteiger partial charge in [-0.05, 0) is 18.1 Å². The molecule has 78 valence electrons. The molecule has 2 atom stereocenters. The van der Waals surface area contributed by atoms with E-state index in [2.05, 4.69) is 36.5 Å². The highest BCUT2D eigenvalue weighted by atomic mass is 15.6. The van der Waals surface area contributed by atoms with Gasteiger partial charge < -0.3 is 0 Å². The second-order valence-corrected chi connectivity index (χ2v) is 4.65. The van der Waals surface area contributed by atoms with Gasteiger partial charge in [0.15, 0.2) is 0 Å². The van der Waals surface area contributed by atoms with Crippen LogP contribution in [0.1, 0.15) is 30.0 Å². The molecule has 2 nitrogen and oxygen atoms in total. The summed E-state index contributed by atoms with van der Waals surface area (Å²) in [5.74, 6) is 6.43. The van der Waals surface area contributed by atoms with Gasteiger partial charge in [-0.15, -0.1) is 0 Å². The fourth-order valence-corrected chi connectivity index (χ4v) is 2.94. The Bertz CT molecular complexity index is 411. The van der Waals surface area contributed by atoms with Crippen molar-refractivity contribution < 1.29 is 4.59 Å². The fraction of sp³-hybridized carbons (Fsp3) is 0.385. The van der Waals surface area contributed by atoms with Gasteiger partial charge in [0.25, 0.3) is 0 Å². The topological polar surface area (TPSA) is 26.0 Å². The first-order valence-corrected chi connectivity index (χ1v) is 5.71. The molecule has 2 N–H and O–H groups in total. The lowest BCUT2D eigenvalue weighted by Gasteiger charge is -2.32. The summed E-state index contributed by atoms with van der Waals surface area (Å²) in [7, 11) is 0. The van der Waals surface area contributed by atoms with Crippen LogP contribution >= 0.6 is 0 Å². The number of aryl methyl sites for hydroxylation is 1. The summed E-state index contributed by atoms with van der Waals surface area (Å²) in [6, 6.07) is 9.22. The Morgan fingerprint density at radius 2 is 2.13 bits per heavy atom. The summed E-state index contributed by atoms with van der Waals surface area (Å²) in [5.41, 5.74) is 2.96. The average molecular weight is 201 g/mol. The molecule has 0 spiro atoms. The smallest absolute Gasteiger partial charge is 0.137 e. The van der Waals surface area contributed by atoms with Gasteiger partial charge >= 0.3 is 0 Å². The summed E-state index contributed by atoms with van der Waals surface area (Å²) in [4.78, 5) is 0. The molecule has 0 bridgehead atoms. The minimum absolute atomic E-state index is 0.486. The van der Waals surface area contributed by atoms with Gasteiger partial charge in [0, 0.05) is 18.4 Å². The van der Waals surface area contributed by atoms with E-state index in [0.717, 1.165) is 13.0 Å². The molecule has 1 aromatic rings. The van der Waals surface area contributed by atoms with Crippen LogP contribution in [0.25, 0.3) is 0 Å².